The van der Waals surface area contributed by atoms with Crippen LogP contribution in [0.1, 0.15) is 11.1 Å². The van der Waals surface area contributed by atoms with Crippen LogP contribution in [0.2, 0.25) is 0 Å². The minimum Gasteiger partial charge on any atom is -0.489 e. The fourth-order valence-electron chi connectivity index (χ4n) is 1.25. The molecule has 2 rings (SSSR count). The Kier molecular flexibility index (Phi) is 2.38. The topological polar surface area (TPSA) is 45.5 Å². The molecule has 1 fully saturated rings. The van der Waals surface area contributed by atoms with E-state index < -0.39 is 0 Å². The van der Waals surface area contributed by atoms with Crippen LogP contribution in [0.15, 0.2) is 18.2 Å². The van der Waals surface area contributed by atoms with E-state index in [9.17, 15) is 0 Å². The van der Waals surface area contributed by atoms with Gasteiger partial charge in [0.2, 0.25) is 0 Å². The quantitative estimate of drug-likeness (QED) is 0.679. The van der Waals surface area contributed by atoms with Gasteiger partial charge >= 0.3 is 0 Å². The highest BCUT2D eigenvalue weighted by molar-refractivity contribution is 5.48. The van der Waals surface area contributed by atoms with Gasteiger partial charge in [0, 0.05) is 0 Å². The zero-order valence-corrected chi connectivity index (χ0v) is 7.99. The maximum absolute atomic E-state index is 8.92. The molecule has 1 aromatic rings. The van der Waals surface area contributed by atoms with Crippen molar-refractivity contribution in [1.82, 2.24) is 0 Å². The highest BCUT2D eigenvalue weighted by Gasteiger charge is 2.23. The summed E-state index contributed by atoms with van der Waals surface area (Å²) in [5.41, 5.74) is 1.56. The second kappa shape index (κ2) is 3.69. The van der Waals surface area contributed by atoms with Gasteiger partial charge in [-0.1, -0.05) is 12.1 Å². The summed E-state index contributed by atoms with van der Waals surface area (Å²) in [6.45, 7) is 3.21. The zero-order chi connectivity index (χ0) is 9.97. The largest absolute Gasteiger partial charge is 0.489 e. The highest BCUT2D eigenvalue weighted by atomic mass is 16.6. The normalized spacial score (nSPS) is 18.7. The van der Waals surface area contributed by atoms with Crippen LogP contribution in [0.25, 0.3) is 0 Å². The molecule has 0 amide bonds. The van der Waals surface area contributed by atoms with E-state index in [-0.39, 0.29) is 6.10 Å². The van der Waals surface area contributed by atoms with Gasteiger partial charge in [-0.05, 0) is 18.6 Å². The molecule has 1 aliphatic rings. The molecule has 72 valence electrons. The molecule has 0 radical (unpaired) electrons. The summed E-state index contributed by atoms with van der Waals surface area (Å²) in [4.78, 5) is 0. The Bertz CT molecular complexity index is 377. The molecule has 0 aliphatic carbocycles. The standard InChI is InChI=1S/C11H11NO2/c1-8-3-2-4-11(10(8)5-12)14-7-9-6-13-9/h2-4,9H,6-7H2,1H3. The lowest BCUT2D eigenvalue weighted by Crippen LogP contribution is -2.05. The molecule has 1 unspecified atom stereocenters. The van der Waals surface area contributed by atoms with Crippen molar-refractivity contribution in [2.24, 2.45) is 0 Å². The number of rotatable bonds is 3. The third kappa shape index (κ3) is 1.86. The summed E-state index contributed by atoms with van der Waals surface area (Å²) in [6.07, 6.45) is 0.224. The van der Waals surface area contributed by atoms with Crippen LogP contribution in [0.3, 0.4) is 0 Å². The fourth-order valence-corrected chi connectivity index (χ4v) is 1.25. The molecular weight excluding hydrogens is 178 g/mol. The van der Waals surface area contributed by atoms with E-state index in [1.54, 1.807) is 0 Å². The van der Waals surface area contributed by atoms with Gasteiger partial charge in [0.25, 0.3) is 0 Å². The number of nitrogens with zero attached hydrogens (tertiary/aromatic N) is 1. The van der Waals surface area contributed by atoms with E-state index in [1.807, 2.05) is 25.1 Å². The van der Waals surface area contributed by atoms with Crippen molar-refractivity contribution in [2.45, 2.75) is 13.0 Å². The Hall–Kier alpha value is -1.53. The molecular formula is C11H11NO2. The van der Waals surface area contributed by atoms with Crippen molar-refractivity contribution in [3.05, 3.63) is 29.3 Å². The van der Waals surface area contributed by atoms with Crippen molar-refractivity contribution < 1.29 is 9.47 Å². The minimum atomic E-state index is 0.224. The third-order valence-electron chi connectivity index (χ3n) is 2.17. The van der Waals surface area contributed by atoms with Crippen LogP contribution in [-0.2, 0) is 4.74 Å². The molecule has 0 bridgehead atoms. The van der Waals surface area contributed by atoms with Gasteiger partial charge in [-0.3, -0.25) is 0 Å². The number of benzene rings is 1. The van der Waals surface area contributed by atoms with Crippen LogP contribution in [0.5, 0.6) is 5.75 Å². The lowest BCUT2D eigenvalue weighted by atomic mass is 10.1. The predicted molar refractivity (Wildman–Crippen MR) is 51.1 cm³/mol. The zero-order valence-electron chi connectivity index (χ0n) is 7.99. The number of nitriles is 1. The Labute approximate surface area is 82.9 Å². The van der Waals surface area contributed by atoms with Crippen LogP contribution in [0, 0.1) is 18.3 Å². The van der Waals surface area contributed by atoms with E-state index >= 15 is 0 Å². The van der Waals surface area contributed by atoms with Crippen LogP contribution in [0.4, 0.5) is 0 Å². The lowest BCUT2D eigenvalue weighted by Gasteiger charge is -2.07. The summed E-state index contributed by atoms with van der Waals surface area (Å²) < 4.78 is 10.5. The van der Waals surface area contributed by atoms with Gasteiger partial charge in [0.15, 0.2) is 0 Å². The Morgan fingerprint density at radius 1 is 1.64 bits per heavy atom. The van der Waals surface area contributed by atoms with E-state index in [0.29, 0.717) is 17.9 Å². The van der Waals surface area contributed by atoms with Crippen molar-refractivity contribution >= 4 is 0 Å². The molecule has 0 spiro atoms. The Balaban J connectivity index is 2.14. The number of ether oxygens (including phenoxy) is 2. The van der Waals surface area contributed by atoms with Gasteiger partial charge in [-0.15, -0.1) is 0 Å². The molecule has 3 nitrogen and oxygen atoms in total. The van der Waals surface area contributed by atoms with E-state index in [4.69, 9.17) is 14.7 Å². The molecule has 14 heavy (non-hydrogen) atoms. The average Bonchev–Trinajstić information content (AvgIpc) is 2.98. The fraction of sp³-hybridized carbons (Fsp3) is 0.364. The van der Waals surface area contributed by atoms with E-state index in [0.717, 1.165) is 12.2 Å². The molecule has 0 saturated carbocycles. The van der Waals surface area contributed by atoms with Gasteiger partial charge in [0.05, 0.1) is 12.2 Å². The maximum Gasteiger partial charge on any atom is 0.137 e. The molecule has 1 aromatic carbocycles. The molecule has 0 N–H and O–H groups in total. The first-order valence-electron chi connectivity index (χ1n) is 4.55. The van der Waals surface area contributed by atoms with Crippen LogP contribution in [-0.4, -0.2) is 19.3 Å². The first-order chi connectivity index (χ1) is 6.81. The predicted octanol–water partition coefficient (Wildman–Crippen LogP) is 1.64. The van der Waals surface area contributed by atoms with Crippen molar-refractivity contribution in [2.75, 3.05) is 13.2 Å². The van der Waals surface area contributed by atoms with Crippen molar-refractivity contribution in [3.63, 3.8) is 0 Å². The van der Waals surface area contributed by atoms with Crippen LogP contribution < -0.4 is 4.74 Å². The Morgan fingerprint density at radius 2 is 2.43 bits per heavy atom. The lowest BCUT2D eigenvalue weighted by molar-refractivity contribution is 0.262. The van der Waals surface area contributed by atoms with Gasteiger partial charge in [-0.2, -0.15) is 5.26 Å². The van der Waals surface area contributed by atoms with Gasteiger partial charge < -0.3 is 9.47 Å². The van der Waals surface area contributed by atoms with E-state index in [2.05, 4.69) is 6.07 Å². The van der Waals surface area contributed by atoms with Crippen molar-refractivity contribution in [1.29, 1.82) is 5.26 Å². The number of epoxide rings is 1. The summed E-state index contributed by atoms with van der Waals surface area (Å²) in [7, 11) is 0. The second-order valence-corrected chi connectivity index (χ2v) is 3.33. The third-order valence-corrected chi connectivity index (χ3v) is 2.17. The highest BCUT2D eigenvalue weighted by Crippen LogP contribution is 2.22. The SMILES string of the molecule is Cc1cccc(OCC2CO2)c1C#N. The number of hydrogen-bond donors (Lipinski definition) is 0. The first-order valence-corrected chi connectivity index (χ1v) is 4.55. The first kappa shape index (κ1) is 9.04. The minimum absolute atomic E-state index is 0.224. The maximum atomic E-state index is 8.92. The van der Waals surface area contributed by atoms with Gasteiger partial charge in [-0.25, -0.2) is 0 Å². The van der Waals surface area contributed by atoms with Gasteiger partial charge in [0.1, 0.15) is 24.5 Å². The monoisotopic (exact) mass is 189 g/mol. The summed E-state index contributed by atoms with van der Waals surface area (Å²) in [6, 6.07) is 7.75. The summed E-state index contributed by atoms with van der Waals surface area (Å²) in [5.74, 6) is 0.656. The summed E-state index contributed by atoms with van der Waals surface area (Å²) >= 11 is 0. The molecule has 1 atom stereocenters. The molecule has 0 aromatic heterocycles. The molecule has 1 aliphatic heterocycles. The molecule has 1 heterocycles. The number of hydrogen-bond acceptors (Lipinski definition) is 3. The average molecular weight is 189 g/mol. The summed E-state index contributed by atoms with van der Waals surface area (Å²) in [5, 5.41) is 8.92. The molecule has 3 heteroatoms. The van der Waals surface area contributed by atoms with E-state index in [1.165, 1.54) is 0 Å². The smallest absolute Gasteiger partial charge is 0.137 e. The van der Waals surface area contributed by atoms with Crippen molar-refractivity contribution in [3.8, 4) is 11.8 Å². The number of aryl methyl sites for hydroxylation is 1. The molecule has 1 saturated heterocycles. The second-order valence-electron chi connectivity index (χ2n) is 3.33. The Morgan fingerprint density at radius 3 is 3.07 bits per heavy atom. The van der Waals surface area contributed by atoms with Crippen LogP contribution >= 0.6 is 0 Å².